The zero-order valence-corrected chi connectivity index (χ0v) is 14.5. The molecule has 2 saturated heterocycles. The lowest BCUT2D eigenvalue weighted by Gasteiger charge is -2.36. The van der Waals surface area contributed by atoms with Gasteiger partial charge in [0, 0.05) is 58.1 Å². The van der Waals surface area contributed by atoms with Crippen molar-refractivity contribution in [2.45, 2.75) is 6.10 Å². The molecule has 1 aromatic rings. The number of aryl methyl sites for hydroxylation is 1. The fourth-order valence-electron chi connectivity index (χ4n) is 3.13. The fraction of sp³-hybridized carbons (Fsp3) is 0.688. The molecule has 138 valence electrons. The Balaban J connectivity index is 1.46. The SMILES string of the molecule is Cn1cc([C@@H](O)C(=O)N2CCN(CC(=O)N3CCOCC3)CC2)cn1. The van der Waals surface area contributed by atoms with Gasteiger partial charge in [-0.1, -0.05) is 0 Å². The van der Waals surface area contributed by atoms with Crippen LogP contribution in [-0.2, 0) is 21.4 Å². The average molecular weight is 351 g/mol. The van der Waals surface area contributed by atoms with Crippen LogP contribution in [0.5, 0.6) is 0 Å². The second kappa shape index (κ2) is 7.94. The number of aromatic nitrogens is 2. The highest BCUT2D eigenvalue weighted by Crippen LogP contribution is 2.16. The van der Waals surface area contributed by atoms with Crippen molar-refractivity contribution in [3.63, 3.8) is 0 Å². The largest absolute Gasteiger partial charge is 0.378 e. The van der Waals surface area contributed by atoms with Gasteiger partial charge >= 0.3 is 0 Å². The van der Waals surface area contributed by atoms with E-state index >= 15 is 0 Å². The summed E-state index contributed by atoms with van der Waals surface area (Å²) in [4.78, 5) is 30.2. The van der Waals surface area contributed by atoms with Crippen molar-refractivity contribution in [1.82, 2.24) is 24.5 Å². The second-order valence-electron chi connectivity index (χ2n) is 6.44. The molecule has 3 rings (SSSR count). The van der Waals surface area contributed by atoms with Crippen LogP contribution in [0.1, 0.15) is 11.7 Å². The number of aliphatic hydroxyl groups excluding tert-OH is 1. The Kier molecular flexibility index (Phi) is 5.67. The number of carbonyl (C=O) groups is 2. The van der Waals surface area contributed by atoms with Gasteiger partial charge in [-0.3, -0.25) is 19.2 Å². The number of amides is 2. The maximum absolute atomic E-state index is 12.4. The Morgan fingerprint density at radius 2 is 1.84 bits per heavy atom. The van der Waals surface area contributed by atoms with Gasteiger partial charge in [-0.05, 0) is 0 Å². The summed E-state index contributed by atoms with van der Waals surface area (Å²) in [5.41, 5.74) is 0.498. The van der Waals surface area contributed by atoms with E-state index in [9.17, 15) is 14.7 Å². The van der Waals surface area contributed by atoms with E-state index in [4.69, 9.17) is 4.74 Å². The van der Waals surface area contributed by atoms with E-state index in [-0.39, 0.29) is 11.8 Å². The first-order valence-corrected chi connectivity index (χ1v) is 8.58. The molecule has 1 N–H and O–H groups in total. The van der Waals surface area contributed by atoms with E-state index < -0.39 is 6.10 Å². The van der Waals surface area contributed by atoms with Crippen LogP contribution in [0.2, 0.25) is 0 Å². The summed E-state index contributed by atoms with van der Waals surface area (Å²) in [5.74, 6) is -0.203. The molecule has 0 bridgehead atoms. The number of aliphatic hydroxyl groups is 1. The van der Waals surface area contributed by atoms with Crippen LogP contribution >= 0.6 is 0 Å². The van der Waals surface area contributed by atoms with Gasteiger partial charge in [0.15, 0.2) is 6.10 Å². The molecule has 0 aromatic carbocycles. The van der Waals surface area contributed by atoms with Gasteiger partial charge in [-0.25, -0.2) is 0 Å². The monoisotopic (exact) mass is 351 g/mol. The number of nitrogens with zero attached hydrogens (tertiary/aromatic N) is 5. The quantitative estimate of drug-likeness (QED) is 0.707. The van der Waals surface area contributed by atoms with Crippen LogP contribution in [0.3, 0.4) is 0 Å². The fourth-order valence-corrected chi connectivity index (χ4v) is 3.13. The summed E-state index contributed by atoms with van der Waals surface area (Å²) in [6.07, 6.45) is 1.95. The first kappa shape index (κ1) is 17.8. The number of rotatable bonds is 4. The normalized spacial score (nSPS) is 20.6. The molecular weight excluding hydrogens is 326 g/mol. The summed E-state index contributed by atoms with van der Waals surface area (Å²) in [6, 6.07) is 0. The molecule has 9 heteroatoms. The summed E-state index contributed by atoms with van der Waals surface area (Å²) >= 11 is 0. The predicted octanol–water partition coefficient (Wildman–Crippen LogP) is -1.54. The molecule has 0 aliphatic carbocycles. The van der Waals surface area contributed by atoms with E-state index in [1.807, 2.05) is 4.90 Å². The molecule has 0 saturated carbocycles. The topological polar surface area (TPSA) is 91.1 Å². The molecule has 2 aliphatic heterocycles. The summed E-state index contributed by atoms with van der Waals surface area (Å²) < 4.78 is 6.82. The number of hydrogen-bond acceptors (Lipinski definition) is 6. The molecular formula is C16H25N5O4. The van der Waals surface area contributed by atoms with Gasteiger partial charge in [-0.2, -0.15) is 5.10 Å². The molecule has 25 heavy (non-hydrogen) atoms. The first-order valence-electron chi connectivity index (χ1n) is 8.58. The van der Waals surface area contributed by atoms with Crippen LogP contribution in [0.25, 0.3) is 0 Å². The summed E-state index contributed by atoms with van der Waals surface area (Å²) in [7, 11) is 1.74. The molecule has 0 unspecified atom stereocenters. The van der Waals surface area contributed by atoms with Crippen LogP contribution in [0.4, 0.5) is 0 Å². The Morgan fingerprint density at radius 3 is 2.44 bits per heavy atom. The maximum atomic E-state index is 12.4. The standard InChI is InChI=1S/C16H25N5O4/c1-18-11-13(10-17-18)15(23)16(24)21-4-2-19(3-5-21)12-14(22)20-6-8-25-9-7-20/h10-11,15,23H,2-9,12H2,1H3/t15-/m1/s1. The third-order valence-electron chi connectivity index (χ3n) is 4.68. The predicted molar refractivity (Wildman–Crippen MR) is 88.6 cm³/mol. The van der Waals surface area contributed by atoms with Crippen molar-refractivity contribution in [1.29, 1.82) is 0 Å². The van der Waals surface area contributed by atoms with Crippen molar-refractivity contribution in [2.75, 3.05) is 59.0 Å². The van der Waals surface area contributed by atoms with E-state index in [2.05, 4.69) is 10.00 Å². The minimum absolute atomic E-state index is 0.110. The van der Waals surface area contributed by atoms with Gasteiger partial charge in [0.2, 0.25) is 5.91 Å². The zero-order valence-electron chi connectivity index (χ0n) is 14.5. The zero-order chi connectivity index (χ0) is 17.8. The molecule has 0 spiro atoms. The van der Waals surface area contributed by atoms with Crippen LogP contribution in [-0.4, -0.2) is 100 Å². The van der Waals surface area contributed by atoms with E-state index in [0.29, 0.717) is 64.6 Å². The number of hydrogen-bond donors (Lipinski definition) is 1. The minimum atomic E-state index is -1.18. The highest BCUT2D eigenvalue weighted by atomic mass is 16.5. The van der Waals surface area contributed by atoms with Crippen LogP contribution in [0.15, 0.2) is 12.4 Å². The van der Waals surface area contributed by atoms with Gasteiger partial charge < -0.3 is 19.6 Å². The molecule has 2 amide bonds. The minimum Gasteiger partial charge on any atom is -0.378 e. The maximum Gasteiger partial charge on any atom is 0.256 e. The number of morpholine rings is 1. The van der Waals surface area contributed by atoms with Crippen LogP contribution < -0.4 is 0 Å². The smallest absolute Gasteiger partial charge is 0.256 e. The van der Waals surface area contributed by atoms with Gasteiger partial charge in [0.25, 0.3) is 5.91 Å². The molecule has 9 nitrogen and oxygen atoms in total. The first-order chi connectivity index (χ1) is 12.0. The van der Waals surface area contributed by atoms with Crippen molar-refractivity contribution < 1.29 is 19.4 Å². The summed E-state index contributed by atoms with van der Waals surface area (Å²) in [6.45, 7) is 5.12. The third kappa shape index (κ3) is 4.36. The Hall–Kier alpha value is -1.97. The highest BCUT2D eigenvalue weighted by molar-refractivity contribution is 5.82. The molecule has 1 atom stereocenters. The lowest BCUT2D eigenvalue weighted by molar-refractivity contribution is -0.143. The molecule has 3 heterocycles. The summed E-state index contributed by atoms with van der Waals surface area (Å²) in [5, 5.41) is 14.2. The lowest BCUT2D eigenvalue weighted by atomic mass is 10.1. The molecule has 0 radical (unpaired) electrons. The van der Waals surface area contributed by atoms with Crippen molar-refractivity contribution >= 4 is 11.8 Å². The Bertz CT molecular complexity index is 605. The van der Waals surface area contributed by atoms with Crippen LogP contribution in [0, 0.1) is 0 Å². The van der Waals surface area contributed by atoms with E-state index in [1.54, 1.807) is 22.8 Å². The van der Waals surface area contributed by atoms with Crippen molar-refractivity contribution in [3.05, 3.63) is 18.0 Å². The van der Waals surface area contributed by atoms with Crippen molar-refractivity contribution in [3.8, 4) is 0 Å². The Labute approximate surface area is 146 Å². The van der Waals surface area contributed by atoms with Gasteiger partial charge in [-0.15, -0.1) is 0 Å². The second-order valence-corrected chi connectivity index (χ2v) is 6.44. The van der Waals surface area contributed by atoms with Gasteiger partial charge in [0.05, 0.1) is 26.0 Å². The third-order valence-corrected chi connectivity index (χ3v) is 4.68. The lowest BCUT2D eigenvalue weighted by Crippen LogP contribution is -2.53. The Morgan fingerprint density at radius 1 is 1.16 bits per heavy atom. The molecule has 1 aromatic heterocycles. The highest BCUT2D eigenvalue weighted by Gasteiger charge is 2.29. The number of carbonyl (C=O) groups excluding carboxylic acids is 2. The van der Waals surface area contributed by atoms with Gasteiger partial charge in [0.1, 0.15) is 0 Å². The molecule has 2 fully saturated rings. The van der Waals surface area contributed by atoms with E-state index in [0.717, 1.165) is 0 Å². The van der Waals surface area contributed by atoms with E-state index in [1.165, 1.54) is 6.20 Å². The average Bonchev–Trinajstić information content (AvgIpc) is 3.08. The van der Waals surface area contributed by atoms with Crippen molar-refractivity contribution in [2.24, 2.45) is 7.05 Å². The molecule has 2 aliphatic rings. The number of ether oxygens (including phenoxy) is 1. The number of piperazine rings is 1.